The van der Waals surface area contributed by atoms with Crippen molar-refractivity contribution < 1.29 is 4.79 Å². The first-order valence-electron chi connectivity index (χ1n) is 6.89. The van der Waals surface area contributed by atoms with E-state index in [0.717, 1.165) is 25.2 Å². The molecule has 4 nitrogen and oxygen atoms in total. The van der Waals surface area contributed by atoms with E-state index in [9.17, 15) is 4.79 Å². The number of benzene rings is 1. The monoisotopic (exact) mass is 261 g/mol. The van der Waals surface area contributed by atoms with Gasteiger partial charge in [-0.1, -0.05) is 12.1 Å². The van der Waals surface area contributed by atoms with Crippen molar-refractivity contribution in [2.45, 2.75) is 19.8 Å². The van der Waals surface area contributed by atoms with Crippen molar-refractivity contribution in [3.05, 3.63) is 29.3 Å². The van der Waals surface area contributed by atoms with Gasteiger partial charge < -0.3 is 16.0 Å². The number of likely N-dealkylation sites (tertiary alicyclic amines) is 1. The summed E-state index contributed by atoms with van der Waals surface area (Å²) in [5.74, 6) is 0.489. The molecule has 1 aromatic carbocycles. The lowest BCUT2D eigenvalue weighted by Gasteiger charge is -2.29. The molecule has 2 rings (SSSR count). The average Bonchev–Trinajstić information content (AvgIpc) is 2.39. The third kappa shape index (κ3) is 3.47. The van der Waals surface area contributed by atoms with Gasteiger partial charge in [-0.15, -0.1) is 0 Å². The first-order chi connectivity index (χ1) is 9.08. The highest BCUT2D eigenvalue weighted by molar-refractivity contribution is 5.99. The van der Waals surface area contributed by atoms with Crippen LogP contribution < -0.4 is 11.1 Å². The molecule has 0 aromatic heterocycles. The standard InChI is InChI=1S/C15H23N3O/c1-11-5-3-7-13(14(11)16)15(19)17-9-12-6-4-8-18(2)10-12/h3,5,7,12H,4,6,8-10,16H2,1-2H3,(H,17,19). The Kier molecular flexibility index (Phi) is 4.43. The Morgan fingerprint density at radius 2 is 2.32 bits per heavy atom. The number of aryl methyl sites for hydroxylation is 1. The number of nitrogens with zero attached hydrogens (tertiary/aromatic N) is 1. The molecular weight excluding hydrogens is 238 g/mol. The molecule has 0 spiro atoms. The number of carbonyl (C=O) groups is 1. The highest BCUT2D eigenvalue weighted by Gasteiger charge is 2.18. The maximum atomic E-state index is 12.1. The Morgan fingerprint density at radius 1 is 1.53 bits per heavy atom. The van der Waals surface area contributed by atoms with Gasteiger partial charge >= 0.3 is 0 Å². The minimum atomic E-state index is -0.0607. The van der Waals surface area contributed by atoms with E-state index in [-0.39, 0.29) is 5.91 Å². The summed E-state index contributed by atoms with van der Waals surface area (Å²) in [5, 5.41) is 3.01. The van der Waals surface area contributed by atoms with Crippen molar-refractivity contribution in [2.75, 3.05) is 32.4 Å². The summed E-state index contributed by atoms with van der Waals surface area (Å²) >= 11 is 0. The van der Waals surface area contributed by atoms with Crippen LogP contribution in [0.15, 0.2) is 18.2 Å². The molecule has 4 heteroatoms. The zero-order valence-corrected chi connectivity index (χ0v) is 11.8. The molecule has 1 amide bonds. The van der Waals surface area contributed by atoms with Gasteiger partial charge in [0.05, 0.1) is 5.56 Å². The van der Waals surface area contributed by atoms with E-state index < -0.39 is 0 Å². The van der Waals surface area contributed by atoms with Crippen LogP contribution in [0, 0.1) is 12.8 Å². The van der Waals surface area contributed by atoms with Crippen LogP contribution >= 0.6 is 0 Å². The van der Waals surface area contributed by atoms with Crippen LogP contribution in [-0.4, -0.2) is 37.5 Å². The molecule has 3 N–H and O–H groups in total. The van der Waals surface area contributed by atoms with Crippen molar-refractivity contribution >= 4 is 11.6 Å². The van der Waals surface area contributed by atoms with Gasteiger partial charge in [0.25, 0.3) is 5.91 Å². The quantitative estimate of drug-likeness (QED) is 0.813. The predicted molar refractivity (Wildman–Crippen MR) is 78.1 cm³/mol. The Hall–Kier alpha value is -1.55. The maximum Gasteiger partial charge on any atom is 0.253 e. The van der Waals surface area contributed by atoms with Crippen LogP contribution in [0.5, 0.6) is 0 Å². The molecule has 1 atom stereocenters. The van der Waals surface area contributed by atoms with Crippen LogP contribution in [0.25, 0.3) is 0 Å². The first kappa shape index (κ1) is 13.9. The summed E-state index contributed by atoms with van der Waals surface area (Å²) in [6.45, 7) is 4.87. The molecule has 1 aromatic rings. The van der Waals surface area contributed by atoms with Crippen LogP contribution in [0.2, 0.25) is 0 Å². The van der Waals surface area contributed by atoms with E-state index in [4.69, 9.17) is 5.73 Å². The lowest BCUT2D eigenvalue weighted by Crippen LogP contribution is -2.39. The lowest BCUT2D eigenvalue weighted by molar-refractivity contribution is 0.0937. The number of nitrogens with two attached hydrogens (primary N) is 1. The van der Waals surface area contributed by atoms with Gasteiger partial charge in [0.2, 0.25) is 0 Å². The molecule has 1 aliphatic heterocycles. The molecule has 1 saturated heterocycles. The van der Waals surface area contributed by atoms with Gasteiger partial charge in [0, 0.05) is 18.8 Å². The zero-order valence-electron chi connectivity index (χ0n) is 11.8. The Labute approximate surface area is 115 Å². The summed E-state index contributed by atoms with van der Waals surface area (Å²) < 4.78 is 0. The van der Waals surface area contributed by atoms with E-state index >= 15 is 0 Å². The summed E-state index contributed by atoms with van der Waals surface area (Å²) in [4.78, 5) is 14.5. The highest BCUT2D eigenvalue weighted by atomic mass is 16.1. The maximum absolute atomic E-state index is 12.1. The molecule has 0 aliphatic carbocycles. The minimum Gasteiger partial charge on any atom is -0.398 e. The summed E-state index contributed by atoms with van der Waals surface area (Å²) in [7, 11) is 2.13. The van der Waals surface area contributed by atoms with Crippen LogP contribution in [0.4, 0.5) is 5.69 Å². The number of anilines is 1. The van der Waals surface area contributed by atoms with Crippen LogP contribution in [0.1, 0.15) is 28.8 Å². The minimum absolute atomic E-state index is 0.0607. The Balaban J connectivity index is 1.92. The molecule has 0 bridgehead atoms. The smallest absolute Gasteiger partial charge is 0.253 e. The number of carbonyl (C=O) groups excluding carboxylic acids is 1. The third-order valence-corrected chi connectivity index (χ3v) is 3.84. The largest absolute Gasteiger partial charge is 0.398 e. The highest BCUT2D eigenvalue weighted by Crippen LogP contribution is 2.17. The second kappa shape index (κ2) is 6.06. The van der Waals surface area contributed by atoms with Crippen molar-refractivity contribution in [1.29, 1.82) is 0 Å². The average molecular weight is 261 g/mol. The Morgan fingerprint density at radius 3 is 3.05 bits per heavy atom. The van der Waals surface area contributed by atoms with E-state index in [1.807, 2.05) is 19.1 Å². The molecule has 0 saturated carbocycles. The van der Waals surface area contributed by atoms with E-state index in [1.54, 1.807) is 6.07 Å². The predicted octanol–water partition coefficient (Wildman–Crippen LogP) is 1.65. The van der Waals surface area contributed by atoms with E-state index in [0.29, 0.717) is 17.2 Å². The third-order valence-electron chi connectivity index (χ3n) is 3.84. The molecule has 1 heterocycles. The second-order valence-corrected chi connectivity index (χ2v) is 5.52. The molecule has 0 radical (unpaired) electrons. The SMILES string of the molecule is Cc1cccc(C(=O)NCC2CCCN(C)C2)c1N. The van der Waals surface area contributed by atoms with Gasteiger partial charge in [-0.2, -0.15) is 0 Å². The number of hydrogen-bond donors (Lipinski definition) is 2. The van der Waals surface area contributed by atoms with Gasteiger partial charge in [-0.05, 0) is 50.9 Å². The first-order valence-corrected chi connectivity index (χ1v) is 6.89. The molecule has 1 fully saturated rings. The summed E-state index contributed by atoms with van der Waals surface area (Å²) in [6.07, 6.45) is 2.40. The van der Waals surface area contributed by atoms with E-state index in [2.05, 4.69) is 17.3 Å². The zero-order chi connectivity index (χ0) is 13.8. The molecule has 1 aliphatic rings. The second-order valence-electron chi connectivity index (χ2n) is 5.52. The number of amides is 1. The van der Waals surface area contributed by atoms with Gasteiger partial charge in [-0.3, -0.25) is 4.79 Å². The van der Waals surface area contributed by atoms with Gasteiger partial charge in [-0.25, -0.2) is 0 Å². The number of hydrogen-bond acceptors (Lipinski definition) is 3. The molecular formula is C15H23N3O. The summed E-state index contributed by atoms with van der Waals surface area (Å²) in [6, 6.07) is 5.57. The lowest BCUT2D eigenvalue weighted by atomic mass is 9.98. The van der Waals surface area contributed by atoms with Crippen molar-refractivity contribution in [2.24, 2.45) is 5.92 Å². The number of para-hydroxylation sites is 1. The topological polar surface area (TPSA) is 58.4 Å². The molecule has 19 heavy (non-hydrogen) atoms. The normalized spacial score (nSPS) is 20.2. The van der Waals surface area contributed by atoms with Crippen molar-refractivity contribution in [3.63, 3.8) is 0 Å². The fraction of sp³-hybridized carbons (Fsp3) is 0.533. The number of piperidine rings is 1. The van der Waals surface area contributed by atoms with Crippen LogP contribution in [-0.2, 0) is 0 Å². The fourth-order valence-corrected chi connectivity index (χ4v) is 2.65. The van der Waals surface area contributed by atoms with E-state index in [1.165, 1.54) is 12.8 Å². The van der Waals surface area contributed by atoms with Gasteiger partial charge in [0.15, 0.2) is 0 Å². The van der Waals surface area contributed by atoms with Crippen molar-refractivity contribution in [3.8, 4) is 0 Å². The Bertz CT molecular complexity index is 459. The number of nitrogens with one attached hydrogen (secondary N) is 1. The number of nitrogen functional groups attached to an aromatic ring is 1. The summed E-state index contributed by atoms with van der Waals surface area (Å²) in [5.41, 5.74) is 8.07. The molecule has 1 unspecified atom stereocenters. The van der Waals surface area contributed by atoms with Crippen LogP contribution in [0.3, 0.4) is 0 Å². The van der Waals surface area contributed by atoms with Crippen molar-refractivity contribution in [1.82, 2.24) is 10.2 Å². The van der Waals surface area contributed by atoms with Gasteiger partial charge in [0.1, 0.15) is 0 Å². The fourth-order valence-electron chi connectivity index (χ4n) is 2.65. The molecule has 104 valence electrons. The number of rotatable bonds is 3.